The number of amides is 4. The van der Waals surface area contributed by atoms with Crippen molar-refractivity contribution in [1.82, 2.24) is 20.0 Å². The first-order valence-electron chi connectivity index (χ1n) is 15.0. The Balaban J connectivity index is 1.20. The molecule has 2 unspecified atom stereocenters. The molecule has 4 amide bonds. The third-order valence-corrected chi connectivity index (χ3v) is 9.08. The van der Waals surface area contributed by atoms with E-state index in [-0.39, 0.29) is 47.3 Å². The zero-order valence-electron chi connectivity index (χ0n) is 24.5. The number of halogens is 2. The lowest BCUT2D eigenvalue weighted by molar-refractivity contribution is -0.147. The van der Waals surface area contributed by atoms with Gasteiger partial charge in [-0.2, -0.15) is 0 Å². The molecule has 3 fully saturated rings. The van der Waals surface area contributed by atoms with Gasteiger partial charge in [0.25, 0.3) is 0 Å². The van der Waals surface area contributed by atoms with Gasteiger partial charge in [-0.1, -0.05) is 23.7 Å². The number of benzene rings is 2. The minimum absolute atomic E-state index is 0.0107. The maximum Gasteiger partial charge on any atom is 0.412 e. The molecule has 0 aromatic heterocycles. The van der Waals surface area contributed by atoms with Crippen LogP contribution in [-0.4, -0.2) is 83.3 Å². The van der Waals surface area contributed by atoms with Gasteiger partial charge in [0.1, 0.15) is 11.6 Å². The van der Waals surface area contributed by atoms with Gasteiger partial charge in [-0.3, -0.25) is 14.4 Å². The quantitative estimate of drug-likeness (QED) is 0.520. The second-order valence-corrected chi connectivity index (χ2v) is 12.4. The number of carbonyl (C=O) groups excluding carboxylic acids is 4. The monoisotopic (exact) mass is 612 g/mol. The number of piperidine rings is 2. The molecule has 0 saturated carbocycles. The van der Waals surface area contributed by atoms with Crippen LogP contribution in [-0.2, 0) is 14.4 Å². The molecule has 0 radical (unpaired) electrons. The molecule has 2 aromatic rings. The van der Waals surface area contributed by atoms with Gasteiger partial charge < -0.3 is 24.8 Å². The second kappa shape index (κ2) is 13.3. The number of hydrogen-bond acceptors (Lipinski definition) is 5. The van der Waals surface area contributed by atoms with Crippen LogP contribution in [0.15, 0.2) is 48.5 Å². The molecule has 43 heavy (non-hydrogen) atoms. The van der Waals surface area contributed by atoms with Crippen LogP contribution < -0.4 is 10.1 Å². The van der Waals surface area contributed by atoms with Crippen molar-refractivity contribution in [3.05, 3.63) is 64.9 Å². The van der Waals surface area contributed by atoms with E-state index in [1.807, 2.05) is 30.9 Å². The van der Waals surface area contributed by atoms with Crippen molar-refractivity contribution >= 4 is 35.4 Å². The summed E-state index contributed by atoms with van der Waals surface area (Å²) in [6.45, 7) is 6.11. The summed E-state index contributed by atoms with van der Waals surface area (Å²) in [5.41, 5.74) is 0.939. The zero-order chi connectivity index (χ0) is 30.7. The lowest BCUT2D eigenvalue weighted by atomic mass is 9.91. The Morgan fingerprint density at radius 3 is 2.19 bits per heavy atom. The number of nitrogens with zero attached hydrogens (tertiary/aromatic N) is 3. The predicted molar refractivity (Wildman–Crippen MR) is 159 cm³/mol. The molecule has 3 saturated heterocycles. The Bertz CT molecular complexity index is 1330. The number of nitrogens with one attached hydrogen (secondary N) is 1. The van der Waals surface area contributed by atoms with Crippen LogP contribution in [0.5, 0.6) is 5.75 Å². The summed E-state index contributed by atoms with van der Waals surface area (Å²) in [4.78, 5) is 57.4. The third kappa shape index (κ3) is 7.29. The van der Waals surface area contributed by atoms with Crippen LogP contribution >= 0.6 is 11.6 Å². The molecule has 3 aliphatic heterocycles. The Morgan fingerprint density at radius 1 is 0.884 bits per heavy atom. The van der Waals surface area contributed by atoms with Gasteiger partial charge in [-0.15, -0.1) is 0 Å². The van der Waals surface area contributed by atoms with Gasteiger partial charge in [-0.05, 0) is 75.1 Å². The summed E-state index contributed by atoms with van der Waals surface area (Å²) in [5, 5.41) is 3.49. The molecule has 11 heteroatoms. The Labute approximate surface area is 256 Å². The highest BCUT2D eigenvalue weighted by atomic mass is 35.5. The lowest BCUT2D eigenvalue weighted by Gasteiger charge is -2.39. The van der Waals surface area contributed by atoms with E-state index in [1.165, 1.54) is 24.3 Å². The average molecular weight is 613 g/mol. The molecular formula is C32H38ClFN4O5. The second-order valence-electron chi connectivity index (χ2n) is 12.0. The fraction of sp³-hybridized carbons (Fsp3) is 0.500. The number of ether oxygens (including phenoxy) is 1. The molecular weight excluding hydrogens is 575 g/mol. The Morgan fingerprint density at radius 2 is 1.53 bits per heavy atom. The molecule has 1 N–H and O–H groups in total. The van der Waals surface area contributed by atoms with Crippen LogP contribution in [0.2, 0.25) is 5.02 Å². The first-order valence-corrected chi connectivity index (χ1v) is 15.3. The molecule has 0 bridgehead atoms. The predicted octanol–water partition coefficient (Wildman–Crippen LogP) is 4.45. The lowest BCUT2D eigenvalue weighted by Crippen LogP contribution is -2.51. The van der Waals surface area contributed by atoms with Crippen LogP contribution in [0, 0.1) is 17.7 Å². The fourth-order valence-corrected chi connectivity index (χ4v) is 6.53. The van der Waals surface area contributed by atoms with Crippen molar-refractivity contribution in [2.75, 3.05) is 32.7 Å². The molecule has 9 nitrogen and oxygen atoms in total. The fourth-order valence-electron chi connectivity index (χ4n) is 6.40. The van der Waals surface area contributed by atoms with Gasteiger partial charge in [0.05, 0.1) is 12.0 Å². The first kappa shape index (κ1) is 30.8. The van der Waals surface area contributed by atoms with Crippen LogP contribution in [0.25, 0.3) is 0 Å². The van der Waals surface area contributed by atoms with Crippen molar-refractivity contribution in [1.29, 1.82) is 0 Å². The van der Waals surface area contributed by atoms with Gasteiger partial charge >= 0.3 is 6.09 Å². The van der Waals surface area contributed by atoms with Crippen LogP contribution in [0.1, 0.15) is 51.0 Å². The van der Waals surface area contributed by atoms with Crippen molar-refractivity contribution in [2.24, 2.45) is 11.8 Å². The molecule has 0 spiro atoms. The normalized spacial score (nSPS) is 23.0. The minimum atomic E-state index is -0.683. The van der Waals surface area contributed by atoms with Crippen LogP contribution in [0.4, 0.5) is 9.18 Å². The minimum Gasteiger partial charge on any atom is -0.410 e. The summed E-state index contributed by atoms with van der Waals surface area (Å²) >= 11 is 6.11. The average Bonchev–Trinajstić information content (AvgIpc) is 3.41. The molecule has 3 atom stereocenters. The van der Waals surface area contributed by atoms with E-state index >= 15 is 0 Å². The molecule has 0 aliphatic carbocycles. The van der Waals surface area contributed by atoms with E-state index in [4.69, 9.17) is 16.3 Å². The third-order valence-electron chi connectivity index (χ3n) is 8.83. The SMILES string of the molecule is CC(C)N1CC(C(=O)N2CCC(C(=O)N3CC(NC(=O)Oc4ccc(F)cc4)[C@H](c4ccc(Cl)cc4)C3)CC2)CCC1=O. The molecule has 2 aromatic carbocycles. The summed E-state index contributed by atoms with van der Waals surface area (Å²) in [7, 11) is 0. The number of carbonyl (C=O) groups is 4. The van der Waals surface area contributed by atoms with Crippen molar-refractivity contribution in [3.8, 4) is 5.75 Å². The van der Waals surface area contributed by atoms with Crippen LogP contribution in [0.3, 0.4) is 0 Å². The highest BCUT2D eigenvalue weighted by molar-refractivity contribution is 6.30. The van der Waals surface area contributed by atoms with Gasteiger partial charge in [0.15, 0.2) is 0 Å². The topological polar surface area (TPSA) is 99.3 Å². The largest absolute Gasteiger partial charge is 0.412 e. The van der Waals surface area contributed by atoms with E-state index < -0.39 is 18.0 Å². The Hall–Kier alpha value is -3.66. The standard InChI is InChI=1S/C32H38ClFN4O5/c1-20(2)38-17-23(5-12-29(38)39)31(41)36-15-13-22(14-16-36)30(40)37-18-27(21-3-6-24(33)7-4-21)28(19-37)35-32(42)43-26-10-8-25(34)9-11-26/h3-4,6-11,20,22-23,27-28H,5,12-19H2,1-2H3,(H,35,42)/t23?,27-,28?/m0/s1. The molecule has 3 heterocycles. The van der Waals surface area contributed by atoms with Crippen molar-refractivity contribution in [3.63, 3.8) is 0 Å². The van der Waals surface area contributed by atoms with E-state index in [2.05, 4.69) is 5.32 Å². The molecule has 3 aliphatic rings. The molecule has 230 valence electrons. The highest BCUT2D eigenvalue weighted by Crippen LogP contribution is 2.32. The highest BCUT2D eigenvalue weighted by Gasteiger charge is 2.41. The Kier molecular flexibility index (Phi) is 9.54. The zero-order valence-corrected chi connectivity index (χ0v) is 25.3. The maximum absolute atomic E-state index is 13.7. The van der Waals surface area contributed by atoms with Gasteiger partial charge in [0.2, 0.25) is 17.7 Å². The number of likely N-dealkylation sites (tertiary alicyclic amines) is 3. The summed E-state index contributed by atoms with van der Waals surface area (Å²) in [6, 6.07) is 12.2. The van der Waals surface area contributed by atoms with Gasteiger partial charge in [-0.25, -0.2) is 9.18 Å². The number of hydrogen-bond donors (Lipinski definition) is 1. The summed E-state index contributed by atoms with van der Waals surface area (Å²) < 4.78 is 18.6. The first-order chi connectivity index (χ1) is 20.6. The van der Waals surface area contributed by atoms with Crippen molar-refractivity contribution in [2.45, 2.75) is 57.5 Å². The van der Waals surface area contributed by atoms with E-state index in [1.54, 1.807) is 21.9 Å². The smallest absolute Gasteiger partial charge is 0.410 e. The summed E-state index contributed by atoms with van der Waals surface area (Å²) in [5.74, 6) is -0.644. The van der Waals surface area contributed by atoms with Gasteiger partial charge in [0, 0.05) is 62.0 Å². The van der Waals surface area contributed by atoms with E-state index in [0.717, 1.165) is 5.56 Å². The van der Waals surface area contributed by atoms with Crippen molar-refractivity contribution < 1.29 is 28.3 Å². The van der Waals surface area contributed by atoms with E-state index in [9.17, 15) is 23.6 Å². The summed E-state index contributed by atoms with van der Waals surface area (Å²) in [6.07, 6.45) is 1.41. The maximum atomic E-state index is 13.7. The molecule has 5 rings (SSSR count). The number of rotatable bonds is 6. The van der Waals surface area contributed by atoms with E-state index in [0.29, 0.717) is 63.4 Å².